The molecule has 2 aromatic carbocycles. The first-order valence-corrected chi connectivity index (χ1v) is 14.1. The molecule has 4 aromatic rings. The molecule has 0 aliphatic carbocycles. The Labute approximate surface area is 231 Å². The van der Waals surface area contributed by atoms with Gasteiger partial charge in [0.2, 0.25) is 15.9 Å². The van der Waals surface area contributed by atoms with Crippen LogP contribution in [-0.4, -0.2) is 55.8 Å². The van der Waals surface area contributed by atoms with Crippen molar-refractivity contribution in [2.45, 2.75) is 31.2 Å². The van der Waals surface area contributed by atoms with Crippen LogP contribution in [0, 0.1) is 5.92 Å². The van der Waals surface area contributed by atoms with Gasteiger partial charge in [0.1, 0.15) is 11.2 Å². The normalized spacial score (nSPS) is 12.3. The summed E-state index contributed by atoms with van der Waals surface area (Å²) >= 11 is 0. The molecule has 12 heteroatoms. The minimum absolute atomic E-state index is 0.00363. The van der Waals surface area contributed by atoms with Crippen molar-refractivity contribution in [3.63, 3.8) is 0 Å². The highest BCUT2D eigenvalue weighted by molar-refractivity contribution is 7.89. The summed E-state index contributed by atoms with van der Waals surface area (Å²) in [5, 5.41) is 1.43. The van der Waals surface area contributed by atoms with Crippen molar-refractivity contribution >= 4 is 49.7 Å². The highest BCUT2D eigenvalue weighted by atomic mass is 32.2. The molecule has 2 aromatic heterocycles. The Kier molecular flexibility index (Phi) is 9.12. The molecular weight excluding hydrogens is 536 g/mol. The van der Waals surface area contributed by atoms with Gasteiger partial charge in [0.15, 0.2) is 5.78 Å². The second kappa shape index (κ2) is 12.7. The van der Waals surface area contributed by atoms with Gasteiger partial charge >= 0.3 is 6.09 Å². The number of nitrogens with one attached hydrogen (secondary N) is 1. The van der Waals surface area contributed by atoms with Gasteiger partial charge in [-0.1, -0.05) is 25.1 Å². The molecule has 0 fully saturated rings. The second-order valence-corrected chi connectivity index (χ2v) is 11.3. The average Bonchev–Trinajstić information content (AvgIpc) is 3.30. The Hall–Kier alpha value is -4.29. The van der Waals surface area contributed by atoms with Gasteiger partial charge in [-0.05, 0) is 54.3 Å². The van der Waals surface area contributed by atoms with E-state index in [0.717, 1.165) is 10.9 Å². The summed E-state index contributed by atoms with van der Waals surface area (Å²) in [6.45, 7) is 1.26. The molecule has 0 saturated heterocycles. The van der Waals surface area contributed by atoms with Crippen molar-refractivity contribution in [2.75, 3.05) is 19.7 Å². The maximum Gasteiger partial charge on any atom is 0.404 e. The largest absolute Gasteiger partial charge is 0.456 e. The van der Waals surface area contributed by atoms with Crippen molar-refractivity contribution in [1.82, 2.24) is 14.6 Å². The molecule has 210 valence electrons. The zero-order valence-electron chi connectivity index (χ0n) is 21.9. The molecule has 0 radical (unpaired) electrons. The Morgan fingerprint density at radius 1 is 1.05 bits per heavy atom. The predicted octanol–water partition coefficient (Wildman–Crippen LogP) is 3.37. The molecule has 2 amide bonds. The minimum atomic E-state index is -4.02. The number of nitrogens with zero attached hydrogens (tertiary/aromatic N) is 2. The number of carbonyl (C=O) groups is 3. The Bertz CT molecular complexity index is 1620. The number of ether oxygens (including phenoxy) is 1. The standard InChI is InChI=1S/C28H30N4O7S/c1-19(10-13-38-28(29)35)14-27(34)32(17-20-8-11-30-12-9-20)18-21(33)16-31-40(36,37)22-6-7-26-24(15-22)23-4-2-3-5-25(23)39-26/h2-9,11-12,15,19,31H,10,13-14,16-18H2,1H3,(H2,29,35). The number of fused-ring (bicyclic) bond motifs is 3. The number of hydrogen-bond acceptors (Lipinski definition) is 8. The molecule has 2 heterocycles. The van der Waals surface area contributed by atoms with E-state index in [0.29, 0.717) is 23.0 Å². The molecule has 40 heavy (non-hydrogen) atoms. The van der Waals surface area contributed by atoms with E-state index in [1.807, 2.05) is 25.1 Å². The van der Waals surface area contributed by atoms with Crippen LogP contribution < -0.4 is 10.5 Å². The van der Waals surface area contributed by atoms with Gasteiger partial charge in [0.05, 0.1) is 24.6 Å². The maximum atomic E-state index is 13.1. The lowest BCUT2D eigenvalue weighted by molar-refractivity contribution is -0.136. The quantitative estimate of drug-likeness (QED) is 0.249. The number of nitrogens with two attached hydrogens (primary N) is 1. The van der Waals surface area contributed by atoms with Crippen molar-refractivity contribution < 1.29 is 32.0 Å². The molecule has 3 N–H and O–H groups in total. The van der Waals surface area contributed by atoms with E-state index in [-0.39, 0.29) is 42.8 Å². The summed E-state index contributed by atoms with van der Waals surface area (Å²) in [5.41, 5.74) is 6.94. The van der Waals surface area contributed by atoms with Gasteiger partial charge in [0, 0.05) is 36.1 Å². The molecule has 1 unspecified atom stereocenters. The lowest BCUT2D eigenvalue weighted by Crippen LogP contribution is -2.40. The van der Waals surface area contributed by atoms with Crippen LogP contribution in [0.2, 0.25) is 0 Å². The van der Waals surface area contributed by atoms with Crippen molar-refractivity contribution in [3.8, 4) is 0 Å². The number of sulfonamides is 1. The number of ketones is 1. The minimum Gasteiger partial charge on any atom is -0.456 e. The first-order chi connectivity index (χ1) is 19.1. The van der Waals surface area contributed by atoms with Gasteiger partial charge in [-0.2, -0.15) is 0 Å². The van der Waals surface area contributed by atoms with Crippen LogP contribution in [0.5, 0.6) is 0 Å². The number of carbonyl (C=O) groups excluding carboxylic acids is 3. The number of benzene rings is 2. The van der Waals surface area contributed by atoms with Crippen LogP contribution in [-0.2, 0) is 30.9 Å². The third-order valence-electron chi connectivity index (χ3n) is 6.34. The summed E-state index contributed by atoms with van der Waals surface area (Å²) in [7, 11) is -4.02. The molecule has 1 atom stereocenters. The molecular formula is C28H30N4O7S. The maximum absolute atomic E-state index is 13.1. The summed E-state index contributed by atoms with van der Waals surface area (Å²) in [5.74, 6) is -0.920. The highest BCUT2D eigenvalue weighted by Crippen LogP contribution is 2.30. The summed E-state index contributed by atoms with van der Waals surface area (Å²) in [6.07, 6.45) is 2.80. The molecule has 11 nitrogen and oxygen atoms in total. The van der Waals surface area contributed by atoms with Gasteiger partial charge in [-0.25, -0.2) is 17.9 Å². The van der Waals surface area contributed by atoms with E-state index in [1.165, 1.54) is 17.0 Å². The van der Waals surface area contributed by atoms with Crippen LogP contribution in [0.4, 0.5) is 4.79 Å². The third kappa shape index (κ3) is 7.42. The Balaban J connectivity index is 1.42. The highest BCUT2D eigenvalue weighted by Gasteiger charge is 2.22. The number of pyridine rings is 1. The third-order valence-corrected chi connectivity index (χ3v) is 7.74. The van der Waals surface area contributed by atoms with Crippen LogP contribution in [0.25, 0.3) is 21.9 Å². The van der Waals surface area contributed by atoms with E-state index in [1.54, 1.807) is 36.7 Å². The summed E-state index contributed by atoms with van der Waals surface area (Å²) < 4.78 is 38.9. The SMILES string of the molecule is CC(CCOC(N)=O)CC(=O)N(CC(=O)CNS(=O)(=O)c1ccc2oc3ccccc3c2c1)Cc1ccncc1. The smallest absolute Gasteiger partial charge is 0.404 e. The topological polar surface area (TPSA) is 162 Å². The van der Waals surface area contributed by atoms with Gasteiger partial charge in [-0.15, -0.1) is 0 Å². The van der Waals surface area contributed by atoms with Crippen LogP contribution in [0.15, 0.2) is 76.3 Å². The lowest BCUT2D eigenvalue weighted by atomic mass is 10.0. The number of Topliss-reactive ketones (excluding diaryl/α,β-unsaturated/α-hetero) is 1. The fourth-order valence-corrected chi connectivity index (χ4v) is 5.27. The van der Waals surface area contributed by atoms with Crippen LogP contribution in [0.3, 0.4) is 0 Å². The van der Waals surface area contributed by atoms with E-state index in [4.69, 9.17) is 14.9 Å². The number of amides is 2. The van der Waals surface area contributed by atoms with Crippen molar-refractivity contribution in [2.24, 2.45) is 11.7 Å². The van der Waals surface area contributed by atoms with Crippen molar-refractivity contribution in [3.05, 3.63) is 72.6 Å². The number of rotatable bonds is 13. The number of aromatic nitrogens is 1. The second-order valence-electron chi connectivity index (χ2n) is 9.49. The monoisotopic (exact) mass is 566 g/mol. The van der Waals surface area contributed by atoms with Crippen LogP contribution >= 0.6 is 0 Å². The van der Waals surface area contributed by atoms with E-state index < -0.39 is 28.4 Å². The van der Waals surface area contributed by atoms with Crippen LogP contribution in [0.1, 0.15) is 25.3 Å². The predicted molar refractivity (Wildman–Crippen MR) is 148 cm³/mol. The Morgan fingerprint density at radius 2 is 1.77 bits per heavy atom. The first-order valence-electron chi connectivity index (χ1n) is 12.6. The van der Waals surface area contributed by atoms with E-state index >= 15 is 0 Å². The van der Waals surface area contributed by atoms with Crippen molar-refractivity contribution in [1.29, 1.82) is 0 Å². The van der Waals surface area contributed by atoms with Gasteiger partial charge in [0.25, 0.3) is 0 Å². The molecule has 0 aliphatic heterocycles. The number of hydrogen-bond donors (Lipinski definition) is 2. The summed E-state index contributed by atoms with van der Waals surface area (Å²) in [6, 6.07) is 15.3. The number of para-hydroxylation sites is 1. The first kappa shape index (κ1) is 28.7. The average molecular weight is 567 g/mol. The fourth-order valence-electron chi connectivity index (χ4n) is 4.23. The van der Waals surface area contributed by atoms with E-state index in [9.17, 15) is 22.8 Å². The Morgan fingerprint density at radius 3 is 2.52 bits per heavy atom. The fraction of sp³-hybridized carbons (Fsp3) is 0.286. The molecule has 0 saturated carbocycles. The lowest BCUT2D eigenvalue weighted by Gasteiger charge is -2.24. The number of primary amides is 1. The zero-order valence-corrected chi connectivity index (χ0v) is 22.7. The zero-order chi connectivity index (χ0) is 28.7. The number of furan rings is 1. The molecule has 0 bridgehead atoms. The van der Waals surface area contributed by atoms with Gasteiger partial charge < -0.3 is 19.8 Å². The molecule has 0 aliphatic rings. The van der Waals surface area contributed by atoms with E-state index in [2.05, 4.69) is 9.71 Å². The molecule has 0 spiro atoms. The summed E-state index contributed by atoms with van der Waals surface area (Å²) in [4.78, 5) is 42.1. The van der Waals surface area contributed by atoms with Gasteiger partial charge in [-0.3, -0.25) is 14.6 Å². The molecule has 4 rings (SSSR count).